The van der Waals surface area contributed by atoms with Crippen LogP contribution in [0.2, 0.25) is 0 Å². The first-order chi connectivity index (χ1) is 15.2. The molecule has 0 unspecified atom stereocenters. The summed E-state index contributed by atoms with van der Waals surface area (Å²) in [5.74, 6) is 8.24. The Hall–Kier alpha value is -3.76. The zero-order valence-electron chi connectivity index (χ0n) is 17.9. The van der Waals surface area contributed by atoms with Crippen molar-refractivity contribution >= 4 is 32.3 Å². The smallest absolute Gasteiger partial charge is 0.119 e. The van der Waals surface area contributed by atoms with Gasteiger partial charge in [-0.1, -0.05) is 86.4 Å². The second kappa shape index (κ2) is 8.17. The Morgan fingerprint density at radius 3 is 2.16 bits per heavy atom. The second-order valence-corrected chi connectivity index (χ2v) is 8.33. The van der Waals surface area contributed by atoms with Gasteiger partial charge >= 0.3 is 0 Å². The predicted octanol–water partition coefficient (Wildman–Crippen LogP) is 7.58. The maximum atomic E-state index is 5.79. The van der Waals surface area contributed by atoms with Crippen molar-refractivity contribution in [1.82, 2.24) is 0 Å². The molecule has 0 aromatic heterocycles. The summed E-state index contributed by atoms with van der Waals surface area (Å²) in [4.78, 5) is 0. The lowest BCUT2D eigenvalue weighted by Crippen LogP contribution is -2.04. The molecule has 0 N–H and O–H groups in total. The molecule has 0 heterocycles. The molecule has 5 aromatic carbocycles. The average molecular weight is 401 g/mol. The molecular formula is C30H24O. The van der Waals surface area contributed by atoms with Crippen molar-refractivity contribution in [3.05, 3.63) is 102 Å². The predicted molar refractivity (Wildman–Crippen MR) is 132 cm³/mol. The Morgan fingerprint density at radius 2 is 1.39 bits per heavy atom. The van der Waals surface area contributed by atoms with E-state index >= 15 is 0 Å². The molecule has 1 nitrogen and oxygen atoms in total. The Kier molecular flexibility index (Phi) is 5.06. The third-order valence-corrected chi connectivity index (χ3v) is 5.53. The number of ether oxygens (including phenoxy) is 1. The molecule has 0 bridgehead atoms. The standard InChI is InChI=1S/C30H24O/c1-21(2)20-31-26-16-12-22(13-17-26)11-14-25-19-24-8-4-5-9-27(24)29-18-15-23-7-3-6-10-28(23)30(25)29/h3-10,12-13,15-19,21H,20H2,1-2H3. The van der Waals surface area contributed by atoms with E-state index < -0.39 is 0 Å². The highest BCUT2D eigenvalue weighted by Gasteiger charge is 2.09. The summed E-state index contributed by atoms with van der Waals surface area (Å²) in [6, 6.07) is 31.8. The van der Waals surface area contributed by atoms with E-state index in [1.54, 1.807) is 0 Å². The normalized spacial score (nSPS) is 11.1. The molecule has 150 valence electrons. The van der Waals surface area contributed by atoms with Gasteiger partial charge in [0.1, 0.15) is 5.75 Å². The third-order valence-electron chi connectivity index (χ3n) is 5.53. The highest BCUT2D eigenvalue weighted by atomic mass is 16.5. The highest BCUT2D eigenvalue weighted by molar-refractivity contribution is 6.19. The molecule has 0 saturated carbocycles. The minimum absolute atomic E-state index is 0.510. The molecule has 0 aliphatic carbocycles. The molecule has 0 aliphatic rings. The van der Waals surface area contributed by atoms with Gasteiger partial charge < -0.3 is 4.74 Å². The van der Waals surface area contributed by atoms with Crippen molar-refractivity contribution in [2.75, 3.05) is 6.61 Å². The van der Waals surface area contributed by atoms with Gasteiger partial charge in [-0.05, 0) is 63.2 Å². The number of benzene rings is 5. The van der Waals surface area contributed by atoms with Crippen LogP contribution in [0.15, 0.2) is 91.0 Å². The second-order valence-electron chi connectivity index (χ2n) is 8.33. The summed E-state index contributed by atoms with van der Waals surface area (Å²) >= 11 is 0. The quantitative estimate of drug-likeness (QED) is 0.224. The van der Waals surface area contributed by atoms with Crippen LogP contribution in [-0.2, 0) is 0 Å². The molecule has 5 rings (SSSR count). The van der Waals surface area contributed by atoms with Crippen LogP contribution in [0.4, 0.5) is 0 Å². The maximum Gasteiger partial charge on any atom is 0.119 e. The van der Waals surface area contributed by atoms with Crippen LogP contribution < -0.4 is 4.74 Å². The Bertz CT molecular complexity index is 1450. The molecule has 31 heavy (non-hydrogen) atoms. The third kappa shape index (κ3) is 3.86. The first-order valence-corrected chi connectivity index (χ1v) is 10.8. The molecule has 5 aromatic rings. The van der Waals surface area contributed by atoms with Crippen LogP contribution in [0.1, 0.15) is 25.0 Å². The van der Waals surface area contributed by atoms with Gasteiger partial charge in [-0.3, -0.25) is 0 Å². The minimum Gasteiger partial charge on any atom is -0.493 e. The van der Waals surface area contributed by atoms with Crippen LogP contribution in [-0.4, -0.2) is 6.61 Å². The summed E-state index contributed by atoms with van der Waals surface area (Å²) in [5.41, 5.74) is 2.05. The van der Waals surface area contributed by atoms with Crippen molar-refractivity contribution in [3.63, 3.8) is 0 Å². The van der Waals surface area contributed by atoms with E-state index in [9.17, 15) is 0 Å². The number of fused-ring (bicyclic) bond motifs is 5. The van der Waals surface area contributed by atoms with Crippen LogP contribution in [0.3, 0.4) is 0 Å². The van der Waals surface area contributed by atoms with Gasteiger partial charge in [0, 0.05) is 16.5 Å². The summed E-state index contributed by atoms with van der Waals surface area (Å²) in [7, 11) is 0. The first-order valence-electron chi connectivity index (χ1n) is 10.8. The van der Waals surface area contributed by atoms with Crippen molar-refractivity contribution in [3.8, 4) is 17.6 Å². The van der Waals surface area contributed by atoms with Gasteiger partial charge in [-0.15, -0.1) is 0 Å². The largest absolute Gasteiger partial charge is 0.493 e. The number of hydrogen-bond donors (Lipinski definition) is 0. The van der Waals surface area contributed by atoms with Crippen molar-refractivity contribution in [2.45, 2.75) is 13.8 Å². The van der Waals surface area contributed by atoms with E-state index in [0.29, 0.717) is 5.92 Å². The number of hydrogen-bond acceptors (Lipinski definition) is 1. The SMILES string of the molecule is CC(C)COc1ccc(C#Cc2cc3ccccc3c3ccc4ccccc4c23)cc1. The summed E-state index contributed by atoms with van der Waals surface area (Å²) in [6.45, 7) is 5.02. The Balaban J connectivity index is 1.64. The zero-order valence-corrected chi connectivity index (χ0v) is 17.9. The molecule has 0 radical (unpaired) electrons. The molecule has 0 fully saturated rings. The minimum atomic E-state index is 0.510. The maximum absolute atomic E-state index is 5.79. The van der Waals surface area contributed by atoms with E-state index in [0.717, 1.165) is 23.5 Å². The lowest BCUT2D eigenvalue weighted by atomic mass is 9.93. The average Bonchev–Trinajstić information content (AvgIpc) is 2.81. The van der Waals surface area contributed by atoms with Crippen LogP contribution in [0, 0.1) is 17.8 Å². The topological polar surface area (TPSA) is 9.23 Å². The fourth-order valence-corrected chi connectivity index (χ4v) is 4.02. The Morgan fingerprint density at radius 1 is 0.677 bits per heavy atom. The van der Waals surface area contributed by atoms with Gasteiger partial charge in [-0.2, -0.15) is 0 Å². The van der Waals surface area contributed by atoms with Gasteiger partial charge in [-0.25, -0.2) is 0 Å². The van der Waals surface area contributed by atoms with Gasteiger partial charge in [0.05, 0.1) is 6.61 Å². The van der Waals surface area contributed by atoms with E-state index in [1.807, 2.05) is 24.3 Å². The zero-order chi connectivity index (χ0) is 21.2. The van der Waals surface area contributed by atoms with Crippen molar-refractivity contribution < 1.29 is 4.74 Å². The fourth-order valence-electron chi connectivity index (χ4n) is 4.02. The van der Waals surface area contributed by atoms with Crippen molar-refractivity contribution in [2.24, 2.45) is 5.92 Å². The summed E-state index contributed by atoms with van der Waals surface area (Å²) < 4.78 is 5.79. The van der Waals surface area contributed by atoms with E-state index in [4.69, 9.17) is 4.74 Å². The molecule has 0 aliphatic heterocycles. The molecular weight excluding hydrogens is 376 g/mol. The van der Waals surface area contributed by atoms with E-state index in [2.05, 4.69) is 92.4 Å². The van der Waals surface area contributed by atoms with Crippen molar-refractivity contribution in [1.29, 1.82) is 0 Å². The van der Waals surface area contributed by atoms with Gasteiger partial charge in [0.2, 0.25) is 0 Å². The summed E-state index contributed by atoms with van der Waals surface area (Å²) in [5, 5.41) is 7.43. The fraction of sp³-hybridized carbons (Fsp3) is 0.133. The lowest BCUT2D eigenvalue weighted by Gasteiger charge is -2.10. The van der Waals surface area contributed by atoms with Crippen LogP contribution in [0.25, 0.3) is 32.3 Å². The molecule has 0 amide bonds. The molecule has 0 saturated heterocycles. The van der Waals surface area contributed by atoms with Gasteiger partial charge in [0.15, 0.2) is 0 Å². The van der Waals surface area contributed by atoms with Crippen LogP contribution in [0.5, 0.6) is 5.75 Å². The Labute approximate surface area is 183 Å². The van der Waals surface area contributed by atoms with Gasteiger partial charge in [0.25, 0.3) is 0 Å². The molecule has 0 atom stereocenters. The molecule has 0 spiro atoms. The number of rotatable bonds is 3. The molecule has 1 heteroatoms. The first kappa shape index (κ1) is 19.2. The highest BCUT2D eigenvalue weighted by Crippen LogP contribution is 2.34. The lowest BCUT2D eigenvalue weighted by molar-refractivity contribution is 0.271. The van der Waals surface area contributed by atoms with E-state index in [1.165, 1.54) is 32.3 Å². The van der Waals surface area contributed by atoms with E-state index in [-0.39, 0.29) is 0 Å². The van der Waals surface area contributed by atoms with Crippen LogP contribution >= 0.6 is 0 Å². The monoisotopic (exact) mass is 400 g/mol. The summed E-state index contributed by atoms with van der Waals surface area (Å²) in [6.07, 6.45) is 0.